The summed E-state index contributed by atoms with van der Waals surface area (Å²) in [7, 11) is -2.86. The molecule has 0 rings (SSSR count). The Labute approximate surface area is 212 Å². The average molecular weight is 507 g/mol. The van der Waals surface area contributed by atoms with Gasteiger partial charge in [0.15, 0.2) is 12.6 Å². The molecule has 0 aromatic carbocycles. The second-order valence-electron chi connectivity index (χ2n) is 10.0. The van der Waals surface area contributed by atoms with E-state index < -0.39 is 20.8 Å². The lowest BCUT2D eigenvalue weighted by Gasteiger charge is -2.15. The van der Waals surface area contributed by atoms with Crippen molar-refractivity contribution in [1.82, 2.24) is 0 Å². The van der Waals surface area contributed by atoms with Crippen molar-refractivity contribution in [3.8, 4) is 0 Å². The molecule has 6 heteroatoms. The fraction of sp³-hybridized carbons (Fsp3) is 1.00. The van der Waals surface area contributed by atoms with Gasteiger partial charge in [0.1, 0.15) is 0 Å². The van der Waals surface area contributed by atoms with Crippen LogP contribution in [0, 0.1) is 0 Å². The number of aliphatic hydroxyl groups is 2. The highest BCUT2D eigenvalue weighted by atomic mass is 31.1. The van der Waals surface area contributed by atoms with E-state index in [-0.39, 0.29) is 0 Å². The Kier molecular flexibility index (Phi) is 27.7. The Hall–Kier alpha value is 0.0700. The minimum Gasteiger partial charge on any atom is -0.368 e. The summed E-state index contributed by atoms with van der Waals surface area (Å²) in [6.07, 6.45) is 26.2. The van der Waals surface area contributed by atoms with Gasteiger partial charge in [0.05, 0.1) is 0 Å². The van der Waals surface area contributed by atoms with Gasteiger partial charge < -0.3 is 10.2 Å². The van der Waals surface area contributed by atoms with Crippen molar-refractivity contribution in [3.63, 3.8) is 0 Å². The molecule has 0 heterocycles. The van der Waals surface area contributed by atoms with Gasteiger partial charge in [0.25, 0.3) is 0 Å². The van der Waals surface area contributed by atoms with Gasteiger partial charge >= 0.3 is 8.25 Å². The van der Waals surface area contributed by atoms with Gasteiger partial charge in [0, 0.05) is 0 Å². The van der Waals surface area contributed by atoms with Gasteiger partial charge in [-0.05, 0) is 25.7 Å². The zero-order valence-corrected chi connectivity index (χ0v) is 23.7. The van der Waals surface area contributed by atoms with Crippen LogP contribution in [-0.2, 0) is 13.6 Å². The largest absolute Gasteiger partial charge is 0.368 e. The minimum absolute atomic E-state index is 0.464. The van der Waals surface area contributed by atoms with E-state index >= 15 is 0 Å². The Morgan fingerprint density at radius 1 is 0.471 bits per heavy atom. The number of hydrogen-bond donors (Lipinski definition) is 2. The van der Waals surface area contributed by atoms with Crippen LogP contribution >= 0.6 is 8.25 Å². The van der Waals surface area contributed by atoms with Crippen LogP contribution < -0.4 is 0 Å². The van der Waals surface area contributed by atoms with E-state index in [4.69, 9.17) is 9.05 Å². The fourth-order valence-corrected chi connectivity index (χ4v) is 5.07. The summed E-state index contributed by atoms with van der Waals surface area (Å²) < 4.78 is 22.0. The van der Waals surface area contributed by atoms with Crippen LogP contribution in [0.4, 0.5) is 0 Å². The summed E-state index contributed by atoms with van der Waals surface area (Å²) >= 11 is 0. The highest BCUT2D eigenvalue weighted by molar-refractivity contribution is 7.33. The first-order valence-electron chi connectivity index (χ1n) is 14.8. The Morgan fingerprint density at radius 3 is 0.971 bits per heavy atom. The predicted octanol–water partition coefficient (Wildman–Crippen LogP) is 9.45. The van der Waals surface area contributed by atoms with Gasteiger partial charge in [-0.3, -0.25) is 13.6 Å². The Bertz CT molecular complexity index is 386. The number of rotatable bonds is 28. The SMILES string of the molecule is CCCCCCCCCCCCCC(O)O[PH](=O)OC(O)CCCCCCCCCCCCC. The van der Waals surface area contributed by atoms with Crippen molar-refractivity contribution >= 4 is 8.25 Å². The highest BCUT2D eigenvalue weighted by Crippen LogP contribution is 2.30. The minimum atomic E-state index is -2.86. The van der Waals surface area contributed by atoms with Crippen LogP contribution in [0.15, 0.2) is 0 Å². The molecule has 0 saturated heterocycles. The molecule has 0 aromatic heterocycles. The molecule has 0 aliphatic heterocycles. The van der Waals surface area contributed by atoms with Gasteiger partial charge in [-0.15, -0.1) is 0 Å². The molecule has 2 unspecified atom stereocenters. The second-order valence-corrected chi connectivity index (χ2v) is 11.0. The van der Waals surface area contributed by atoms with Gasteiger partial charge in [0.2, 0.25) is 0 Å². The van der Waals surface area contributed by atoms with Crippen LogP contribution in [-0.4, -0.2) is 22.8 Å². The van der Waals surface area contributed by atoms with Crippen molar-refractivity contribution in [3.05, 3.63) is 0 Å². The van der Waals surface area contributed by atoms with Gasteiger partial charge in [-0.25, -0.2) is 0 Å². The van der Waals surface area contributed by atoms with E-state index in [0.717, 1.165) is 25.7 Å². The summed E-state index contributed by atoms with van der Waals surface area (Å²) in [6, 6.07) is 0. The summed E-state index contributed by atoms with van der Waals surface area (Å²) in [5.41, 5.74) is 0. The molecule has 34 heavy (non-hydrogen) atoms. The first-order chi connectivity index (χ1) is 16.6. The van der Waals surface area contributed by atoms with E-state index in [1.54, 1.807) is 0 Å². The number of aliphatic hydroxyl groups excluding tert-OH is 2. The van der Waals surface area contributed by atoms with E-state index in [1.165, 1.54) is 116 Å². The maximum absolute atomic E-state index is 11.9. The maximum atomic E-state index is 11.9. The van der Waals surface area contributed by atoms with Crippen molar-refractivity contribution in [2.24, 2.45) is 0 Å². The molecule has 0 aliphatic rings. The molecule has 2 N–H and O–H groups in total. The molecule has 0 fully saturated rings. The summed E-state index contributed by atoms with van der Waals surface area (Å²) in [4.78, 5) is 0. The quantitative estimate of drug-likeness (QED) is 0.0628. The third kappa shape index (κ3) is 26.7. The van der Waals surface area contributed by atoms with E-state index in [0.29, 0.717) is 12.8 Å². The first-order valence-corrected chi connectivity index (χ1v) is 16.1. The lowest BCUT2D eigenvalue weighted by molar-refractivity contribution is -0.0648. The van der Waals surface area contributed by atoms with E-state index in [1.807, 2.05) is 0 Å². The number of unbranched alkanes of at least 4 members (excludes halogenated alkanes) is 20. The van der Waals surface area contributed by atoms with Crippen molar-refractivity contribution in [1.29, 1.82) is 0 Å². The highest BCUT2D eigenvalue weighted by Gasteiger charge is 2.13. The summed E-state index contributed by atoms with van der Waals surface area (Å²) in [5.74, 6) is 0. The Morgan fingerprint density at radius 2 is 0.706 bits per heavy atom. The Balaban J connectivity index is 3.44. The molecule has 0 bridgehead atoms. The molecule has 5 nitrogen and oxygen atoms in total. The van der Waals surface area contributed by atoms with Crippen LogP contribution in [0.5, 0.6) is 0 Å². The van der Waals surface area contributed by atoms with Gasteiger partial charge in [-0.2, -0.15) is 0 Å². The normalized spacial score (nSPS) is 14.4. The molecule has 0 aliphatic carbocycles. The van der Waals surface area contributed by atoms with Crippen LogP contribution in [0.2, 0.25) is 0 Å². The molecule has 0 saturated carbocycles. The van der Waals surface area contributed by atoms with Crippen molar-refractivity contribution in [2.45, 2.75) is 181 Å². The standard InChI is InChI=1S/C28H59O5P/c1-3-5-7-9-11-13-15-17-19-21-23-25-27(29)32-34(31)33-28(30)26-24-22-20-18-16-14-12-10-8-6-4-2/h27-30,34H,3-26H2,1-2H3. The molecular formula is C28H59O5P. The van der Waals surface area contributed by atoms with Crippen LogP contribution in [0.25, 0.3) is 0 Å². The lowest BCUT2D eigenvalue weighted by Crippen LogP contribution is -2.12. The average Bonchev–Trinajstić information content (AvgIpc) is 2.80. The summed E-state index contributed by atoms with van der Waals surface area (Å²) in [6.45, 7) is 4.50. The third-order valence-electron chi connectivity index (χ3n) is 6.57. The van der Waals surface area contributed by atoms with Crippen LogP contribution in [0.1, 0.15) is 168 Å². The number of hydrogen-bond acceptors (Lipinski definition) is 5. The monoisotopic (exact) mass is 506 g/mol. The fourth-order valence-electron chi connectivity index (χ4n) is 4.33. The van der Waals surface area contributed by atoms with Gasteiger partial charge in [-0.1, -0.05) is 142 Å². The summed E-state index contributed by atoms with van der Waals surface area (Å²) in [5, 5.41) is 19.8. The third-order valence-corrected chi connectivity index (χ3v) is 7.50. The topological polar surface area (TPSA) is 76.0 Å². The van der Waals surface area contributed by atoms with E-state index in [9.17, 15) is 14.8 Å². The smallest absolute Gasteiger partial charge is 0.323 e. The van der Waals surface area contributed by atoms with Crippen LogP contribution in [0.3, 0.4) is 0 Å². The van der Waals surface area contributed by atoms with E-state index in [2.05, 4.69) is 13.8 Å². The molecule has 0 amide bonds. The molecule has 0 aromatic rings. The predicted molar refractivity (Wildman–Crippen MR) is 145 cm³/mol. The second kappa shape index (κ2) is 27.7. The molecule has 206 valence electrons. The molecule has 0 spiro atoms. The zero-order valence-electron chi connectivity index (χ0n) is 22.7. The molecule has 0 radical (unpaired) electrons. The van der Waals surface area contributed by atoms with Crippen molar-refractivity contribution in [2.75, 3.05) is 0 Å². The lowest BCUT2D eigenvalue weighted by atomic mass is 10.1. The van der Waals surface area contributed by atoms with Crippen molar-refractivity contribution < 1.29 is 23.8 Å². The first kappa shape index (κ1) is 34.1. The molecular weight excluding hydrogens is 447 g/mol. The molecule has 2 atom stereocenters. The zero-order chi connectivity index (χ0) is 25.1. The maximum Gasteiger partial charge on any atom is 0.323 e.